The van der Waals surface area contributed by atoms with Crippen LogP contribution in [0.15, 0.2) is 18.2 Å². The predicted molar refractivity (Wildman–Crippen MR) is 81.2 cm³/mol. The summed E-state index contributed by atoms with van der Waals surface area (Å²) in [4.78, 5) is 0. The first-order chi connectivity index (χ1) is 9.72. The third-order valence-corrected chi connectivity index (χ3v) is 4.10. The third kappa shape index (κ3) is 4.12. The molecular formula is C16H26N2O2. The fourth-order valence-corrected chi connectivity index (χ4v) is 2.80. The second-order valence-corrected chi connectivity index (χ2v) is 5.60. The van der Waals surface area contributed by atoms with Crippen LogP contribution in [0.1, 0.15) is 31.2 Å². The highest BCUT2D eigenvalue weighted by atomic mass is 16.5. The Balaban J connectivity index is 1.79. The monoisotopic (exact) mass is 278 g/mol. The molecule has 0 spiro atoms. The number of benzene rings is 1. The van der Waals surface area contributed by atoms with Gasteiger partial charge >= 0.3 is 0 Å². The van der Waals surface area contributed by atoms with Crippen molar-refractivity contribution in [2.24, 2.45) is 11.7 Å². The van der Waals surface area contributed by atoms with Gasteiger partial charge in [-0.3, -0.25) is 0 Å². The van der Waals surface area contributed by atoms with Crippen molar-refractivity contribution in [1.29, 1.82) is 0 Å². The Hall–Kier alpha value is -1.26. The summed E-state index contributed by atoms with van der Waals surface area (Å²) >= 11 is 0. The number of rotatable bonds is 6. The summed E-state index contributed by atoms with van der Waals surface area (Å²) in [6, 6.07) is 6.49. The molecule has 0 bridgehead atoms. The molecule has 112 valence electrons. The van der Waals surface area contributed by atoms with Gasteiger partial charge in [0.05, 0.1) is 14.2 Å². The van der Waals surface area contributed by atoms with Crippen molar-refractivity contribution in [1.82, 2.24) is 5.32 Å². The van der Waals surface area contributed by atoms with Crippen molar-refractivity contribution in [3.8, 4) is 11.5 Å². The Bertz CT molecular complexity index is 415. The number of nitrogens with two attached hydrogens (primary N) is 1. The van der Waals surface area contributed by atoms with E-state index in [0.717, 1.165) is 30.5 Å². The Morgan fingerprint density at radius 1 is 1.10 bits per heavy atom. The molecule has 0 saturated heterocycles. The van der Waals surface area contributed by atoms with E-state index in [4.69, 9.17) is 15.2 Å². The van der Waals surface area contributed by atoms with E-state index in [2.05, 4.69) is 11.4 Å². The number of nitrogens with one attached hydrogen (secondary N) is 1. The predicted octanol–water partition coefficient (Wildman–Crippen LogP) is 2.31. The Morgan fingerprint density at radius 3 is 2.45 bits per heavy atom. The molecule has 0 unspecified atom stereocenters. The van der Waals surface area contributed by atoms with Crippen molar-refractivity contribution in [3.05, 3.63) is 23.8 Å². The fourth-order valence-electron chi connectivity index (χ4n) is 2.80. The summed E-state index contributed by atoms with van der Waals surface area (Å²) in [5.41, 5.74) is 7.15. The molecule has 1 fully saturated rings. The molecule has 0 heterocycles. The molecule has 4 heteroatoms. The Morgan fingerprint density at radius 2 is 1.80 bits per heavy atom. The van der Waals surface area contributed by atoms with E-state index in [1.165, 1.54) is 31.2 Å². The van der Waals surface area contributed by atoms with E-state index in [0.29, 0.717) is 6.04 Å². The minimum Gasteiger partial charge on any atom is -0.493 e. The van der Waals surface area contributed by atoms with Crippen LogP contribution in [-0.2, 0) is 6.54 Å². The first-order valence-corrected chi connectivity index (χ1v) is 7.40. The van der Waals surface area contributed by atoms with Crippen LogP contribution in [0.3, 0.4) is 0 Å². The summed E-state index contributed by atoms with van der Waals surface area (Å²) in [7, 11) is 3.32. The van der Waals surface area contributed by atoms with E-state index in [1.807, 2.05) is 12.1 Å². The second kappa shape index (κ2) is 7.50. The maximum absolute atomic E-state index is 5.93. The minimum absolute atomic E-state index is 0.428. The summed E-state index contributed by atoms with van der Waals surface area (Å²) in [5.74, 6) is 2.34. The van der Waals surface area contributed by atoms with Crippen LogP contribution < -0.4 is 20.5 Å². The molecule has 1 aliphatic rings. The minimum atomic E-state index is 0.428. The number of ether oxygens (including phenoxy) is 2. The van der Waals surface area contributed by atoms with E-state index in [-0.39, 0.29) is 0 Å². The highest BCUT2D eigenvalue weighted by Crippen LogP contribution is 2.27. The molecule has 0 aromatic heterocycles. The first kappa shape index (κ1) is 15.1. The van der Waals surface area contributed by atoms with Crippen LogP contribution in [0.4, 0.5) is 0 Å². The molecule has 2 rings (SSSR count). The zero-order valence-electron chi connectivity index (χ0n) is 12.5. The SMILES string of the molecule is COc1ccc(CNC[C@H]2CC[C@@H](N)CC2)cc1OC. The normalized spacial score (nSPS) is 22.6. The number of hydrogen-bond acceptors (Lipinski definition) is 4. The van der Waals surface area contributed by atoms with Crippen molar-refractivity contribution >= 4 is 0 Å². The first-order valence-electron chi connectivity index (χ1n) is 7.40. The molecular weight excluding hydrogens is 252 g/mol. The van der Waals surface area contributed by atoms with Gasteiger partial charge in [-0.1, -0.05) is 6.07 Å². The van der Waals surface area contributed by atoms with Gasteiger partial charge in [0.1, 0.15) is 0 Å². The summed E-state index contributed by atoms with van der Waals surface area (Å²) < 4.78 is 10.6. The standard InChI is InChI=1S/C16H26N2O2/c1-19-15-8-5-13(9-16(15)20-2)11-18-10-12-3-6-14(17)7-4-12/h5,8-9,12,14,18H,3-4,6-7,10-11,17H2,1-2H3/t12-,14+. The van der Waals surface area contributed by atoms with Crippen molar-refractivity contribution in [2.45, 2.75) is 38.3 Å². The lowest BCUT2D eigenvalue weighted by atomic mass is 9.86. The van der Waals surface area contributed by atoms with E-state index < -0.39 is 0 Å². The molecule has 1 aromatic carbocycles. The van der Waals surface area contributed by atoms with Crippen molar-refractivity contribution in [3.63, 3.8) is 0 Å². The van der Waals surface area contributed by atoms with Gasteiger partial charge in [-0.05, 0) is 55.8 Å². The Labute approximate surface area is 121 Å². The van der Waals surface area contributed by atoms with E-state index in [9.17, 15) is 0 Å². The molecule has 4 nitrogen and oxygen atoms in total. The van der Waals surface area contributed by atoms with E-state index in [1.54, 1.807) is 14.2 Å². The zero-order chi connectivity index (χ0) is 14.4. The lowest BCUT2D eigenvalue weighted by molar-refractivity contribution is 0.314. The van der Waals surface area contributed by atoms with Crippen molar-refractivity contribution in [2.75, 3.05) is 20.8 Å². The molecule has 1 aliphatic carbocycles. The van der Waals surface area contributed by atoms with E-state index >= 15 is 0 Å². The molecule has 3 N–H and O–H groups in total. The van der Waals surface area contributed by atoms with Crippen molar-refractivity contribution < 1.29 is 9.47 Å². The van der Waals surface area contributed by atoms with Crippen LogP contribution in [0.2, 0.25) is 0 Å². The molecule has 0 aliphatic heterocycles. The summed E-state index contributed by atoms with van der Waals surface area (Å²) in [6.45, 7) is 1.93. The van der Waals surface area contributed by atoms with Gasteiger partial charge in [-0.15, -0.1) is 0 Å². The average molecular weight is 278 g/mol. The number of methoxy groups -OCH3 is 2. The second-order valence-electron chi connectivity index (χ2n) is 5.60. The topological polar surface area (TPSA) is 56.5 Å². The van der Waals surface area contributed by atoms with Crippen LogP contribution in [0, 0.1) is 5.92 Å². The lowest BCUT2D eigenvalue weighted by Crippen LogP contribution is -2.31. The van der Waals surface area contributed by atoms with Gasteiger partial charge in [0.2, 0.25) is 0 Å². The Kier molecular flexibility index (Phi) is 5.68. The van der Waals surface area contributed by atoms with Gasteiger partial charge in [-0.2, -0.15) is 0 Å². The molecule has 1 aromatic rings. The summed E-state index contributed by atoms with van der Waals surface area (Å²) in [5, 5.41) is 3.54. The van der Waals surface area contributed by atoms with Crippen LogP contribution in [-0.4, -0.2) is 26.8 Å². The molecule has 0 atom stereocenters. The largest absolute Gasteiger partial charge is 0.493 e. The van der Waals surface area contributed by atoms with Gasteiger partial charge in [0.25, 0.3) is 0 Å². The highest BCUT2D eigenvalue weighted by molar-refractivity contribution is 5.42. The average Bonchev–Trinajstić information content (AvgIpc) is 2.49. The highest BCUT2D eigenvalue weighted by Gasteiger charge is 2.17. The molecule has 0 amide bonds. The van der Waals surface area contributed by atoms with Gasteiger partial charge in [0.15, 0.2) is 11.5 Å². The van der Waals surface area contributed by atoms with Crippen LogP contribution >= 0.6 is 0 Å². The maximum atomic E-state index is 5.93. The van der Waals surface area contributed by atoms with Crippen LogP contribution in [0.5, 0.6) is 11.5 Å². The smallest absolute Gasteiger partial charge is 0.161 e. The summed E-state index contributed by atoms with van der Waals surface area (Å²) in [6.07, 6.45) is 4.84. The van der Waals surface area contributed by atoms with Gasteiger partial charge < -0.3 is 20.5 Å². The number of hydrogen-bond donors (Lipinski definition) is 2. The molecule has 0 radical (unpaired) electrons. The maximum Gasteiger partial charge on any atom is 0.161 e. The van der Waals surface area contributed by atoms with Gasteiger partial charge in [0, 0.05) is 12.6 Å². The quantitative estimate of drug-likeness (QED) is 0.838. The molecule has 20 heavy (non-hydrogen) atoms. The zero-order valence-corrected chi connectivity index (χ0v) is 12.5. The van der Waals surface area contributed by atoms with Crippen LogP contribution in [0.25, 0.3) is 0 Å². The third-order valence-electron chi connectivity index (χ3n) is 4.10. The molecule has 1 saturated carbocycles. The fraction of sp³-hybridized carbons (Fsp3) is 0.625. The van der Waals surface area contributed by atoms with Gasteiger partial charge in [-0.25, -0.2) is 0 Å². The lowest BCUT2D eigenvalue weighted by Gasteiger charge is -2.26.